The van der Waals surface area contributed by atoms with Gasteiger partial charge in [0.2, 0.25) is 0 Å². The lowest BCUT2D eigenvalue weighted by Gasteiger charge is -2.07. The number of hydrogen-bond acceptors (Lipinski definition) is 5. The van der Waals surface area contributed by atoms with Gasteiger partial charge in [-0.25, -0.2) is 0 Å². The summed E-state index contributed by atoms with van der Waals surface area (Å²) in [7, 11) is 0. The zero-order chi connectivity index (χ0) is 15.6. The zero-order valence-corrected chi connectivity index (χ0v) is 12.2. The average molecular weight is 304 g/mol. The van der Waals surface area contributed by atoms with E-state index < -0.39 is 10.8 Å². The molecule has 6 nitrogen and oxygen atoms in total. The Morgan fingerprint density at radius 2 is 1.86 bits per heavy atom. The molecule has 2 aromatic rings. The van der Waals surface area contributed by atoms with E-state index in [1.54, 1.807) is 25.1 Å². The Kier molecular flexibility index (Phi) is 4.13. The van der Waals surface area contributed by atoms with Gasteiger partial charge < -0.3 is 5.32 Å². The van der Waals surface area contributed by atoms with E-state index in [9.17, 15) is 19.7 Å². The number of nitrogens with one attached hydrogen (secondary N) is 1. The molecule has 108 valence electrons. The van der Waals surface area contributed by atoms with E-state index in [2.05, 4.69) is 5.32 Å². The van der Waals surface area contributed by atoms with Crippen LogP contribution in [0.2, 0.25) is 0 Å². The molecule has 1 aromatic carbocycles. The van der Waals surface area contributed by atoms with Crippen molar-refractivity contribution in [1.29, 1.82) is 0 Å². The molecule has 7 heteroatoms. The van der Waals surface area contributed by atoms with Crippen molar-refractivity contribution in [2.75, 3.05) is 5.32 Å². The topological polar surface area (TPSA) is 89.3 Å². The Morgan fingerprint density at radius 1 is 1.19 bits per heavy atom. The van der Waals surface area contributed by atoms with E-state index in [0.29, 0.717) is 21.0 Å². The van der Waals surface area contributed by atoms with Gasteiger partial charge in [0.1, 0.15) is 0 Å². The molecule has 0 atom stereocenters. The van der Waals surface area contributed by atoms with Crippen molar-refractivity contribution < 1.29 is 14.5 Å². The molecule has 0 unspecified atom stereocenters. The van der Waals surface area contributed by atoms with Crippen LogP contribution in [0.1, 0.15) is 31.8 Å². The number of rotatable bonds is 4. The Morgan fingerprint density at radius 3 is 2.43 bits per heavy atom. The van der Waals surface area contributed by atoms with Gasteiger partial charge in [-0.1, -0.05) is 6.07 Å². The first-order chi connectivity index (χ1) is 9.90. The van der Waals surface area contributed by atoms with Crippen molar-refractivity contribution in [2.24, 2.45) is 0 Å². The normalized spacial score (nSPS) is 10.2. The lowest BCUT2D eigenvalue weighted by Crippen LogP contribution is -2.11. The van der Waals surface area contributed by atoms with Crippen molar-refractivity contribution in [3.05, 3.63) is 55.8 Å². The van der Waals surface area contributed by atoms with Gasteiger partial charge in [0.15, 0.2) is 5.78 Å². The highest BCUT2D eigenvalue weighted by molar-refractivity contribution is 7.16. The maximum atomic E-state index is 12.1. The van der Waals surface area contributed by atoms with Crippen molar-refractivity contribution in [3.8, 4) is 0 Å². The summed E-state index contributed by atoms with van der Waals surface area (Å²) in [6.07, 6.45) is 0. The van der Waals surface area contributed by atoms with Gasteiger partial charge >= 0.3 is 0 Å². The summed E-state index contributed by atoms with van der Waals surface area (Å²) in [4.78, 5) is 34.6. The van der Waals surface area contributed by atoms with Crippen LogP contribution in [0.5, 0.6) is 0 Å². The minimum Gasteiger partial charge on any atom is -0.321 e. The van der Waals surface area contributed by atoms with E-state index in [1.807, 2.05) is 0 Å². The molecule has 0 fully saturated rings. The molecule has 0 saturated heterocycles. The molecular formula is C14H12N2O4S. The molecule has 0 spiro atoms. The van der Waals surface area contributed by atoms with Crippen LogP contribution < -0.4 is 5.32 Å². The predicted octanol–water partition coefficient (Wildman–Crippen LogP) is 3.42. The molecule has 0 saturated carbocycles. The van der Waals surface area contributed by atoms with Crippen LogP contribution in [0.25, 0.3) is 0 Å². The van der Waals surface area contributed by atoms with Crippen LogP contribution in [0.3, 0.4) is 0 Å². The van der Waals surface area contributed by atoms with Crippen molar-refractivity contribution >= 4 is 34.4 Å². The summed E-state index contributed by atoms with van der Waals surface area (Å²) >= 11 is 1.09. The van der Waals surface area contributed by atoms with E-state index in [-0.39, 0.29) is 11.5 Å². The van der Waals surface area contributed by atoms with E-state index in [4.69, 9.17) is 0 Å². The highest BCUT2D eigenvalue weighted by Crippen LogP contribution is 2.26. The zero-order valence-electron chi connectivity index (χ0n) is 11.4. The van der Waals surface area contributed by atoms with Crippen molar-refractivity contribution in [2.45, 2.75) is 13.8 Å². The van der Waals surface area contributed by atoms with Crippen LogP contribution in [-0.2, 0) is 0 Å². The molecule has 0 aliphatic carbocycles. The molecule has 1 amide bonds. The van der Waals surface area contributed by atoms with Gasteiger partial charge in [-0.2, -0.15) is 0 Å². The Bertz CT molecular complexity index is 736. The second kappa shape index (κ2) is 5.84. The molecule has 0 aliphatic heterocycles. The van der Waals surface area contributed by atoms with Gasteiger partial charge in [0.25, 0.3) is 11.6 Å². The molecule has 2 rings (SSSR count). The first-order valence-electron chi connectivity index (χ1n) is 6.06. The third-order valence-electron chi connectivity index (χ3n) is 2.93. The second-order valence-corrected chi connectivity index (χ2v) is 5.46. The van der Waals surface area contributed by atoms with E-state index in [1.165, 1.54) is 19.1 Å². The number of nitro benzene ring substituents is 1. The molecular weight excluding hydrogens is 292 g/mol. The molecule has 0 aliphatic rings. The maximum absolute atomic E-state index is 12.1. The fourth-order valence-electron chi connectivity index (χ4n) is 1.79. The first-order valence-corrected chi connectivity index (χ1v) is 6.88. The van der Waals surface area contributed by atoms with E-state index >= 15 is 0 Å². The maximum Gasteiger partial charge on any atom is 0.274 e. The molecule has 1 N–H and O–H groups in total. The minimum absolute atomic E-state index is 0.0524. The summed E-state index contributed by atoms with van der Waals surface area (Å²) in [5.41, 5.74) is 0.717. The van der Waals surface area contributed by atoms with Crippen LogP contribution in [0, 0.1) is 17.0 Å². The predicted molar refractivity (Wildman–Crippen MR) is 80.1 cm³/mol. The number of Topliss-reactive ketones (excluding diaryl/α,β-unsaturated/α-hetero) is 1. The standard InChI is InChI=1S/C14H12N2O4S/c1-8-10(4-3-5-11(8)16(19)20)15-14(18)13-7-6-12(21-13)9(2)17/h3-7H,1-2H3,(H,15,18). The highest BCUT2D eigenvalue weighted by Gasteiger charge is 2.17. The number of amides is 1. The number of thiophene rings is 1. The van der Waals surface area contributed by atoms with Crippen LogP contribution in [0.15, 0.2) is 30.3 Å². The molecule has 1 aromatic heterocycles. The molecule has 0 bridgehead atoms. The summed E-state index contributed by atoms with van der Waals surface area (Å²) in [6, 6.07) is 7.63. The largest absolute Gasteiger partial charge is 0.321 e. The fourth-order valence-corrected chi connectivity index (χ4v) is 2.59. The van der Waals surface area contributed by atoms with Crippen molar-refractivity contribution in [1.82, 2.24) is 0 Å². The molecule has 21 heavy (non-hydrogen) atoms. The lowest BCUT2D eigenvalue weighted by molar-refractivity contribution is -0.385. The van der Waals surface area contributed by atoms with Gasteiger partial charge in [-0.05, 0) is 32.0 Å². The number of anilines is 1. The Labute approximate surface area is 124 Å². The van der Waals surface area contributed by atoms with Gasteiger partial charge in [-0.3, -0.25) is 19.7 Å². The summed E-state index contributed by atoms with van der Waals surface area (Å²) in [5, 5.41) is 13.5. The number of benzene rings is 1. The van der Waals surface area contributed by atoms with Gasteiger partial charge in [0, 0.05) is 6.07 Å². The van der Waals surface area contributed by atoms with Gasteiger partial charge in [-0.15, -0.1) is 11.3 Å². The summed E-state index contributed by atoms with van der Waals surface area (Å²) < 4.78 is 0. The van der Waals surface area contributed by atoms with E-state index in [0.717, 1.165) is 11.3 Å². The SMILES string of the molecule is CC(=O)c1ccc(C(=O)Nc2cccc([N+](=O)[O-])c2C)s1. The molecule has 1 heterocycles. The number of hydrogen-bond donors (Lipinski definition) is 1. The molecule has 0 radical (unpaired) electrons. The lowest BCUT2D eigenvalue weighted by atomic mass is 10.1. The Hall–Kier alpha value is -2.54. The van der Waals surface area contributed by atoms with Crippen molar-refractivity contribution in [3.63, 3.8) is 0 Å². The van der Waals surface area contributed by atoms with Crippen LogP contribution in [-0.4, -0.2) is 16.6 Å². The third kappa shape index (κ3) is 3.14. The summed E-state index contributed by atoms with van der Waals surface area (Å²) in [5.74, 6) is -0.498. The highest BCUT2D eigenvalue weighted by atomic mass is 32.1. The monoisotopic (exact) mass is 304 g/mol. The van der Waals surface area contributed by atoms with Crippen LogP contribution in [0.4, 0.5) is 11.4 Å². The number of nitro groups is 1. The number of nitrogens with zero attached hydrogens (tertiary/aromatic N) is 1. The third-order valence-corrected chi connectivity index (χ3v) is 4.11. The fraction of sp³-hybridized carbons (Fsp3) is 0.143. The quantitative estimate of drug-likeness (QED) is 0.532. The average Bonchev–Trinajstić information content (AvgIpc) is 2.90. The minimum atomic E-state index is -0.496. The van der Waals surface area contributed by atoms with Gasteiger partial charge in [0.05, 0.1) is 25.9 Å². The second-order valence-electron chi connectivity index (χ2n) is 4.38. The summed E-state index contributed by atoms with van der Waals surface area (Å²) in [6.45, 7) is 3.00. The number of carbonyl (C=O) groups is 2. The first kappa shape index (κ1) is 14.9. The number of carbonyl (C=O) groups excluding carboxylic acids is 2. The Balaban J connectivity index is 2.25. The number of ketones is 1. The van der Waals surface area contributed by atoms with Crippen LogP contribution >= 0.6 is 11.3 Å². The smallest absolute Gasteiger partial charge is 0.274 e.